The van der Waals surface area contributed by atoms with Crippen LogP contribution in [0.4, 0.5) is 0 Å². The van der Waals surface area contributed by atoms with E-state index in [9.17, 15) is 0 Å². The lowest BCUT2D eigenvalue weighted by atomic mass is 10.2. The topological polar surface area (TPSA) is 48.1 Å². The Morgan fingerprint density at radius 2 is 1.78 bits per heavy atom. The van der Waals surface area contributed by atoms with E-state index in [0.717, 1.165) is 17.7 Å². The van der Waals surface area contributed by atoms with Crippen molar-refractivity contribution in [2.75, 3.05) is 6.54 Å². The Labute approximate surface area is 108 Å². The molecule has 0 saturated heterocycles. The summed E-state index contributed by atoms with van der Waals surface area (Å²) in [6.45, 7) is 1.87. The number of nitrogens with two attached hydrogens (primary N) is 1. The Morgan fingerprint density at radius 3 is 2.56 bits per heavy atom. The molecule has 94 valence electrons. The number of aromatic nitrogens is 1. The van der Waals surface area contributed by atoms with Crippen LogP contribution in [0.5, 0.6) is 0 Å². The smallest absolute Gasteiger partial charge is 0.0722 e. The number of hydrogen-bond acceptors (Lipinski definition) is 3. The van der Waals surface area contributed by atoms with Crippen LogP contribution in [0.15, 0.2) is 48.7 Å². The Kier molecular flexibility index (Phi) is 4.88. The lowest BCUT2D eigenvalue weighted by Crippen LogP contribution is -2.05. The lowest BCUT2D eigenvalue weighted by molar-refractivity contribution is 0.107. The van der Waals surface area contributed by atoms with Crippen LogP contribution in [0.2, 0.25) is 0 Å². The molecule has 1 heterocycles. The highest BCUT2D eigenvalue weighted by atomic mass is 16.5. The van der Waals surface area contributed by atoms with Crippen molar-refractivity contribution in [3.8, 4) is 0 Å². The van der Waals surface area contributed by atoms with Gasteiger partial charge < -0.3 is 10.5 Å². The predicted molar refractivity (Wildman–Crippen MR) is 71.9 cm³/mol. The number of ether oxygens (including phenoxy) is 1. The van der Waals surface area contributed by atoms with E-state index >= 15 is 0 Å². The Bertz CT molecular complexity index is 471. The molecule has 0 radical (unpaired) electrons. The normalized spacial score (nSPS) is 10.5. The molecule has 0 amide bonds. The fourth-order valence-electron chi connectivity index (χ4n) is 1.76. The molecule has 1 aromatic carbocycles. The number of hydrogen-bond donors (Lipinski definition) is 1. The Balaban J connectivity index is 1.84. The van der Waals surface area contributed by atoms with Crippen molar-refractivity contribution in [2.24, 2.45) is 5.73 Å². The average Bonchev–Trinajstić information content (AvgIpc) is 2.41. The zero-order valence-corrected chi connectivity index (χ0v) is 10.4. The highest BCUT2D eigenvalue weighted by Gasteiger charge is 1.98. The zero-order chi connectivity index (χ0) is 12.6. The van der Waals surface area contributed by atoms with Gasteiger partial charge in [0, 0.05) is 18.3 Å². The summed E-state index contributed by atoms with van der Waals surface area (Å²) in [6.07, 6.45) is 2.62. The van der Waals surface area contributed by atoms with Gasteiger partial charge in [-0.05, 0) is 29.8 Å². The molecule has 0 aliphatic rings. The van der Waals surface area contributed by atoms with E-state index in [-0.39, 0.29) is 0 Å². The molecular formula is C15H18N2O. The standard InChI is InChI=1S/C15H18N2O/c16-8-6-15-10-14(7-9-17-15)12-18-11-13-4-2-1-3-5-13/h1-5,7,9-10H,6,8,11-12,16H2. The largest absolute Gasteiger partial charge is 0.372 e. The maximum absolute atomic E-state index is 5.68. The third-order valence-corrected chi connectivity index (χ3v) is 2.66. The van der Waals surface area contributed by atoms with Crippen molar-refractivity contribution in [3.63, 3.8) is 0 Å². The molecule has 0 atom stereocenters. The zero-order valence-electron chi connectivity index (χ0n) is 10.4. The molecule has 0 unspecified atom stereocenters. The molecule has 3 heteroatoms. The first-order valence-corrected chi connectivity index (χ1v) is 6.14. The summed E-state index contributed by atoms with van der Waals surface area (Å²) >= 11 is 0. The molecule has 2 aromatic rings. The van der Waals surface area contributed by atoms with Gasteiger partial charge in [-0.3, -0.25) is 4.98 Å². The van der Waals surface area contributed by atoms with Gasteiger partial charge in [-0.1, -0.05) is 30.3 Å². The van der Waals surface area contributed by atoms with Crippen molar-refractivity contribution < 1.29 is 4.74 Å². The van der Waals surface area contributed by atoms with Gasteiger partial charge in [0.05, 0.1) is 13.2 Å². The van der Waals surface area contributed by atoms with Gasteiger partial charge >= 0.3 is 0 Å². The minimum atomic E-state index is 0.606. The first-order valence-electron chi connectivity index (χ1n) is 6.14. The Hall–Kier alpha value is -1.71. The maximum atomic E-state index is 5.68. The second-order valence-corrected chi connectivity index (χ2v) is 4.17. The third kappa shape index (κ3) is 3.95. The van der Waals surface area contributed by atoms with Crippen LogP contribution in [0.25, 0.3) is 0 Å². The van der Waals surface area contributed by atoms with E-state index in [1.54, 1.807) is 0 Å². The molecule has 2 rings (SSSR count). The molecule has 0 spiro atoms. The maximum Gasteiger partial charge on any atom is 0.0722 e. The molecule has 0 saturated carbocycles. The van der Waals surface area contributed by atoms with Crippen molar-refractivity contribution in [1.82, 2.24) is 4.98 Å². The molecule has 1 aromatic heterocycles. The molecule has 18 heavy (non-hydrogen) atoms. The van der Waals surface area contributed by atoms with Crippen LogP contribution in [0.3, 0.4) is 0 Å². The molecule has 0 bridgehead atoms. The summed E-state index contributed by atoms with van der Waals surface area (Å²) in [5, 5.41) is 0. The Morgan fingerprint density at radius 1 is 1.00 bits per heavy atom. The van der Waals surface area contributed by atoms with E-state index in [1.807, 2.05) is 30.5 Å². The van der Waals surface area contributed by atoms with E-state index in [4.69, 9.17) is 10.5 Å². The van der Waals surface area contributed by atoms with Crippen molar-refractivity contribution in [2.45, 2.75) is 19.6 Å². The molecule has 2 N–H and O–H groups in total. The minimum Gasteiger partial charge on any atom is -0.372 e. The molecule has 0 aliphatic heterocycles. The van der Waals surface area contributed by atoms with Gasteiger partial charge in [-0.15, -0.1) is 0 Å². The first-order chi connectivity index (χ1) is 8.88. The molecule has 3 nitrogen and oxygen atoms in total. The minimum absolute atomic E-state index is 0.606. The van der Waals surface area contributed by atoms with Crippen LogP contribution in [-0.2, 0) is 24.4 Å². The summed E-state index contributed by atoms with van der Waals surface area (Å²) in [6, 6.07) is 14.2. The number of benzene rings is 1. The van der Waals surface area contributed by atoms with Crippen LogP contribution in [0.1, 0.15) is 16.8 Å². The van der Waals surface area contributed by atoms with Crippen LogP contribution in [-0.4, -0.2) is 11.5 Å². The van der Waals surface area contributed by atoms with Gasteiger partial charge in [0.15, 0.2) is 0 Å². The predicted octanol–water partition coefficient (Wildman–Crippen LogP) is 2.30. The van der Waals surface area contributed by atoms with Gasteiger partial charge in [0.25, 0.3) is 0 Å². The van der Waals surface area contributed by atoms with Gasteiger partial charge in [0.2, 0.25) is 0 Å². The van der Waals surface area contributed by atoms with Crippen LogP contribution < -0.4 is 5.73 Å². The summed E-state index contributed by atoms with van der Waals surface area (Å²) in [5.41, 5.74) is 8.87. The highest BCUT2D eigenvalue weighted by Crippen LogP contribution is 2.07. The number of nitrogens with zero attached hydrogens (tertiary/aromatic N) is 1. The molecule has 0 fully saturated rings. The van der Waals surface area contributed by atoms with E-state index in [0.29, 0.717) is 19.8 Å². The number of rotatable bonds is 6. The molecule has 0 aliphatic carbocycles. The second kappa shape index (κ2) is 6.89. The fraction of sp³-hybridized carbons (Fsp3) is 0.267. The summed E-state index contributed by atoms with van der Waals surface area (Å²) in [7, 11) is 0. The lowest BCUT2D eigenvalue weighted by Gasteiger charge is -2.06. The highest BCUT2D eigenvalue weighted by molar-refractivity contribution is 5.16. The van der Waals surface area contributed by atoms with E-state index in [2.05, 4.69) is 23.2 Å². The van der Waals surface area contributed by atoms with Gasteiger partial charge in [0.1, 0.15) is 0 Å². The van der Waals surface area contributed by atoms with Crippen molar-refractivity contribution in [3.05, 3.63) is 65.5 Å². The summed E-state index contributed by atoms with van der Waals surface area (Å²) in [4.78, 5) is 4.26. The monoisotopic (exact) mass is 242 g/mol. The number of pyridine rings is 1. The molecular weight excluding hydrogens is 224 g/mol. The third-order valence-electron chi connectivity index (χ3n) is 2.66. The van der Waals surface area contributed by atoms with E-state index in [1.165, 1.54) is 5.56 Å². The summed E-state index contributed by atoms with van der Waals surface area (Å²) in [5.74, 6) is 0. The van der Waals surface area contributed by atoms with Crippen molar-refractivity contribution in [1.29, 1.82) is 0 Å². The SMILES string of the molecule is NCCc1cc(COCc2ccccc2)ccn1. The van der Waals surface area contributed by atoms with Crippen molar-refractivity contribution >= 4 is 0 Å². The van der Waals surface area contributed by atoms with E-state index < -0.39 is 0 Å². The van der Waals surface area contributed by atoms with Gasteiger partial charge in [-0.2, -0.15) is 0 Å². The quantitative estimate of drug-likeness (QED) is 0.845. The first kappa shape index (κ1) is 12.7. The van der Waals surface area contributed by atoms with Crippen LogP contribution in [0, 0.1) is 0 Å². The summed E-state index contributed by atoms with van der Waals surface area (Å²) < 4.78 is 5.68. The average molecular weight is 242 g/mol. The fourth-order valence-corrected chi connectivity index (χ4v) is 1.76. The van der Waals surface area contributed by atoms with Gasteiger partial charge in [-0.25, -0.2) is 0 Å². The second-order valence-electron chi connectivity index (χ2n) is 4.17. The van der Waals surface area contributed by atoms with Crippen LogP contribution >= 0.6 is 0 Å².